The van der Waals surface area contributed by atoms with Gasteiger partial charge in [0.1, 0.15) is 158 Å². The molecule has 16 rings (SSSR count). The molecule has 67 nitrogen and oxygen atoms in total. The Morgan fingerprint density at radius 1 is 0.355 bits per heavy atom. The number of nitrogens with two attached hydrogens (primary N) is 5. The van der Waals surface area contributed by atoms with Crippen LogP contribution >= 0.6 is 54.8 Å². The molecule has 7 aliphatic heterocycles. The van der Waals surface area contributed by atoms with Crippen LogP contribution < -0.4 is 73.8 Å². The Kier molecular flexibility index (Phi) is 30.6. The van der Waals surface area contributed by atoms with Crippen LogP contribution in [-0.2, 0) is 124 Å². The largest absolute Gasteiger partial charge is 0.472 e. The van der Waals surface area contributed by atoms with E-state index >= 15 is 0 Å². The molecule has 22 N–H and O–H groups in total. The number of nitrogens with one attached hydrogen (secondary N) is 3. The van der Waals surface area contributed by atoms with Crippen LogP contribution in [0.1, 0.15) is 99.7 Å². The summed E-state index contributed by atoms with van der Waals surface area (Å²) in [4.78, 5) is 230. The van der Waals surface area contributed by atoms with Gasteiger partial charge in [0.05, 0.1) is 58.9 Å². The van der Waals surface area contributed by atoms with Crippen LogP contribution in [0.3, 0.4) is 0 Å². The lowest BCUT2D eigenvalue weighted by atomic mass is 10.2. The quantitative estimate of drug-likeness (QED) is 0.0169. The molecule has 7 aliphatic rings. The van der Waals surface area contributed by atoms with E-state index in [2.05, 4.69) is 49.8 Å². The van der Waals surface area contributed by atoms with E-state index in [0.717, 1.165) is 83.2 Å². The molecule has 0 amide bonds. The van der Waals surface area contributed by atoms with Gasteiger partial charge in [-0.15, -0.1) is 0 Å². The maximum absolute atomic E-state index is 14.6. The molecule has 0 bridgehead atoms. The molecule has 0 radical (unpaired) electrons. The highest BCUT2D eigenvalue weighted by Gasteiger charge is 2.53. The maximum atomic E-state index is 14.6. The highest BCUT2D eigenvalue weighted by atomic mass is 31.2. The summed E-state index contributed by atoms with van der Waals surface area (Å²) < 4.78 is 217. The van der Waals surface area contributed by atoms with Crippen molar-refractivity contribution in [3.63, 3.8) is 0 Å². The summed E-state index contributed by atoms with van der Waals surface area (Å²) in [5, 5.41) is 10.3. The summed E-state index contributed by atoms with van der Waals surface area (Å²) in [5.41, 5.74) is 20.9. The standard InChI is InChI=1S/C67H88N23O44P7/c1-28-16-87(66(98)82-59(28)92)50-13-34(41(125-50)22-116-136(103,104)129-30-9-52(121-37(30)18-91)89-26-75-54-56(71)73-25-74-57(54)89)133-140(111,112)118-21-40-32(11-48(124-40)85-7-4-45(69)78-64(85)96)130-138(107,108)117-20-39-33(12-49(123-39)86-8-5-46(70)79-65(86)97)131-139(109,110)120-24-43-36(15-53(127-43)90-27-76-55-58(90)80-62(72)81-61(55)94)134-141(113,114)119-23-42-35(14-51(126-42)88-17-29(2)60(93)83-67(88)99)132-137(105,106)115-19-38-31(128-135(100,101)102)10-47(122-38)84-6-3-44(68)77-63(84)95/h3-8,16-17,25-27,30-43,47-53,91H,9-15,18-24H2,1-2H3,(H,103,104)(H,105,106)(H,107,108)(H,109,110)(H,111,112)(H,113,114)(H2,68,77,95)(H2,69,78,96)(H2,70,79,97)(H2,71,73,74)(H,82,92,98)(H,83,93,99)(H2,100,101,102)(H3,72,80,81,94)/t30-,31-,32-,33-,34-,35-,36-,37+,38+,39+,40+,41+,42+,43+,47+,48+,49+,50+,51+,52+,53+/m0/s1. The first-order chi connectivity index (χ1) is 66.4. The minimum atomic E-state index is -5.76. The fourth-order valence-corrected chi connectivity index (χ4v) is 22.4. The topological polar surface area (TPSA) is 938 Å². The van der Waals surface area contributed by atoms with E-state index in [1.165, 1.54) is 30.8 Å². The van der Waals surface area contributed by atoms with Gasteiger partial charge in [0, 0.05) is 87.1 Å². The molecule has 0 aromatic carbocycles. The number of nitrogens with zero attached hydrogens (tertiary/aromatic N) is 15. The SMILES string of the molecule is Cc1cn([C@H]2C[C@H](OP(=O)(O)OC[C@H]3O[C@@H](n4ccc(N)nc4=O)C[C@@H]3OP(=O)(O)OC[C@H]3O[C@@H](n4ccc(N)nc4=O)C[C@@H]3OP(=O)(O)OC[C@H]3O[C@@H](n4cnc5c(=O)[nH]c(N)nc54)C[C@@H]3OP(=O)(O)OC[C@H]3O[C@@H](n4cc(C)c(=O)[nH]c4=O)C[C@@H]3OP(=O)(O)OC[C@H]3O[C@@H](n4ccc(N)nc4=O)C[C@@H]3OP(=O)(O)O)[C@@H](COP(=O)(O)O[C@H]3C[C@H](n4cnc5c(N)ncnc54)O[C@@H]3CO)O2)c(=O)[nH]c1=O. The summed E-state index contributed by atoms with van der Waals surface area (Å²) in [6, 6.07) is 3.47. The third-order valence-electron chi connectivity index (χ3n) is 22.6. The molecule has 0 aliphatic carbocycles. The van der Waals surface area contributed by atoms with Crippen molar-refractivity contribution in [1.29, 1.82) is 0 Å². The van der Waals surface area contributed by atoms with E-state index in [9.17, 15) is 115 Å². The van der Waals surface area contributed by atoms with Crippen molar-refractivity contribution in [2.45, 2.75) is 188 Å². The second kappa shape index (κ2) is 41.5. The molecule has 141 heavy (non-hydrogen) atoms. The molecule has 0 saturated carbocycles. The Morgan fingerprint density at radius 3 is 0.950 bits per heavy atom. The van der Waals surface area contributed by atoms with Crippen LogP contribution in [0.25, 0.3) is 22.3 Å². The van der Waals surface area contributed by atoms with Gasteiger partial charge < -0.3 is 106 Å². The van der Waals surface area contributed by atoms with Crippen LogP contribution in [-0.4, -0.2) is 263 Å². The Balaban J connectivity index is 0.599. The van der Waals surface area contributed by atoms with Gasteiger partial charge in [0.2, 0.25) is 5.95 Å². The molecular weight excluding hydrogens is 2050 g/mol. The zero-order valence-electron chi connectivity index (χ0n) is 72.4. The average Bonchev–Trinajstić information content (AvgIpc) is 1.75. The van der Waals surface area contributed by atoms with Crippen molar-refractivity contribution in [1.82, 2.24) is 86.8 Å². The van der Waals surface area contributed by atoms with Gasteiger partial charge in [-0.25, -0.2) is 75.9 Å². The number of rotatable bonds is 40. The Labute approximate surface area is 783 Å². The highest BCUT2D eigenvalue weighted by molar-refractivity contribution is 7.49. The van der Waals surface area contributed by atoms with Crippen molar-refractivity contribution >= 4 is 106 Å². The fourth-order valence-electron chi connectivity index (χ4n) is 16.1. The smallest absolute Gasteiger partial charge is 0.394 e. The number of fused-ring (bicyclic) bond motifs is 2. The van der Waals surface area contributed by atoms with Gasteiger partial charge in [-0.3, -0.25) is 120 Å². The molecule has 770 valence electrons. The summed E-state index contributed by atoms with van der Waals surface area (Å²) in [6.07, 6.45) is -29.6. The molecule has 6 unspecified atom stereocenters. The number of aliphatic hydroxyl groups is 1. The lowest BCUT2D eigenvalue weighted by Crippen LogP contribution is -2.33. The third-order valence-corrected chi connectivity index (χ3v) is 29.2. The second-order valence-corrected chi connectivity index (χ2v) is 41.9. The first-order valence-corrected chi connectivity index (χ1v) is 52.1. The summed E-state index contributed by atoms with van der Waals surface area (Å²) >= 11 is 0. The number of phosphoric acid groups is 7. The lowest BCUT2D eigenvalue weighted by Gasteiger charge is -2.26. The van der Waals surface area contributed by atoms with Gasteiger partial charge >= 0.3 is 83.2 Å². The van der Waals surface area contributed by atoms with Gasteiger partial charge in [-0.2, -0.15) is 19.9 Å². The van der Waals surface area contributed by atoms with Crippen molar-refractivity contribution in [2.75, 3.05) is 74.9 Å². The number of aromatic amines is 3. The van der Waals surface area contributed by atoms with Crippen LogP contribution in [0, 0.1) is 13.8 Å². The van der Waals surface area contributed by atoms with E-state index in [0.29, 0.717) is 0 Å². The molecule has 7 fully saturated rings. The Morgan fingerprint density at radius 2 is 0.638 bits per heavy atom. The molecule has 7 saturated heterocycles. The normalized spacial score (nSPS) is 29.7. The predicted octanol–water partition coefficient (Wildman–Crippen LogP) is -3.15. The number of ether oxygens (including phenoxy) is 7. The lowest BCUT2D eigenvalue weighted by molar-refractivity contribution is -0.0656. The van der Waals surface area contributed by atoms with Crippen molar-refractivity contribution in [3.8, 4) is 0 Å². The van der Waals surface area contributed by atoms with Crippen molar-refractivity contribution in [3.05, 3.63) is 163 Å². The maximum Gasteiger partial charge on any atom is 0.472 e. The fraction of sp³-hybridized carbons (Fsp3) is 0.552. The zero-order valence-corrected chi connectivity index (χ0v) is 78.7. The number of phosphoric ester groups is 7. The second-order valence-electron chi connectivity index (χ2n) is 32.3. The van der Waals surface area contributed by atoms with Gasteiger partial charge in [-0.05, 0) is 32.0 Å². The Hall–Kier alpha value is -9.65. The third kappa shape index (κ3) is 24.8. The number of hydrogen-bond acceptors (Lipinski definition) is 49. The minimum absolute atomic E-state index is 0.0211. The zero-order chi connectivity index (χ0) is 101. The monoisotopic (exact) mass is 2140 g/mol. The number of imidazole rings is 2. The number of aliphatic hydroxyl groups excluding tert-OH is 1. The van der Waals surface area contributed by atoms with Crippen LogP contribution in [0.2, 0.25) is 0 Å². The average molecular weight is 2140 g/mol. The molecule has 27 atom stereocenters. The first-order valence-electron chi connectivity index (χ1n) is 41.6. The molecule has 9 aromatic rings. The van der Waals surface area contributed by atoms with E-state index < -0.39 is 320 Å². The molecule has 16 heterocycles. The van der Waals surface area contributed by atoms with Crippen LogP contribution in [0.5, 0.6) is 0 Å². The summed E-state index contributed by atoms with van der Waals surface area (Å²) in [6.45, 7) is -5.09. The predicted molar refractivity (Wildman–Crippen MR) is 461 cm³/mol. The van der Waals surface area contributed by atoms with Crippen molar-refractivity contribution < 1.29 is 168 Å². The summed E-state index contributed by atoms with van der Waals surface area (Å²) in [5.74, 6) is -1.21. The molecule has 74 heteroatoms. The number of nitrogen functional groups attached to an aromatic ring is 5. The van der Waals surface area contributed by atoms with E-state index in [-0.39, 0.29) is 63.1 Å². The number of anilines is 5. The number of H-pyrrole nitrogens is 3. The molecule has 0 spiro atoms. The van der Waals surface area contributed by atoms with Gasteiger partial charge in [0.15, 0.2) is 22.6 Å². The Bertz CT molecular complexity index is 7080. The first kappa shape index (κ1) is 104. The van der Waals surface area contributed by atoms with Gasteiger partial charge in [0.25, 0.3) is 16.7 Å². The van der Waals surface area contributed by atoms with Crippen LogP contribution in [0.15, 0.2) is 107 Å². The number of aromatic nitrogens is 18. The molecular formula is C67H88N23O44P7. The highest BCUT2D eigenvalue weighted by Crippen LogP contribution is 2.58. The number of hydrogen-bond donors (Lipinski definition) is 17. The summed E-state index contributed by atoms with van der Waals surface area (Å²) in [7, 11) is -39.1. The van der Waals surface area contributed by atoms with E-state index in [4.69, 9.17) is 121 Å². The van der Waals surface area contributed by atoms with E-state index in [1.54, 1.807) is 0 Å². The minimum Gasteiger partial charge on any atom is -0.394 e. The van der Waals surface area contributed by atoms with E-state index in [1.807, 2.05) is 4.98 Å². The van der Waals surface area contributed by atoms with Crippen molar-refractivity contribution in [2.24, 2.45) is 0 Å². The van der Waals surface area contributed by atoms with Crippen LogP contribution in [0.4, 0.5) is 29.2 Å². The molecule has 9 aromatic heterocycles. The number of aryl methyl sites for hydroxylation is 2. The van der Waals surface area contributed by atoms with Gasteiger partial charge in [-0.1, -0.05) is 0 Å².